The Morgan fingerprint density at radius 3 is 2.74 bits per heavy atom. The Balaban J connectivity index is 1.51. The predicted molar refractivity (Wildman–Crippen MR) is 123 cm³/mol. The number of aromatic amines is 1. The number of piperazine rings is 1. The number of imidazole rings is 1. The van der Waals surface area contributed by atoms with E-state index in [0.29, 0.717) is 30.0 Å². The standard InChI is InChI=1S/C24H24F3N5O3/c1-31-7-9-32(10-8-31)11-13-35-20-4-3-18(23-28-15-21(30-23)24(25,26)27)14-19(20)29-22(33)5-2-17-6-12-34-16-17/h3-4,6,12,14-16H,7-11,13H2,1H3,(H,28,30)(H,29,33). The highest BCUT2D eigenvalue weighted by Crippen LogP contribution is 2.32. The highest BCUT2D eigenvalue weighted by molar-refractivity contribution is 6.05. The molecule has 1 aliphatic rings. The number of benzene rings is 1. The van der Waals surface area contributed by atoms with Crippen molar-refractivity contribution in [1.29, 1.82) is 0 Å². The normalized spacial score (nSPS) is 14.9. The quantitative estimate of drug-likeness (QED) is 0.519. The number of furan rings is 1. The molecule has 2 N–H and O–H groups in total. The first kappa shape index (κ1) is 24.4. The summed E-state index contributed by atoms with van der Waals surface area (Å²) in [5, 5.41) is 2.66. The van der Waals surface area contributed by atoms with Crippen molar-refractivity contribution in [3.8, 4) is 29.0 Å². The number of anilines is 1. The topological polar surface area (TPSA) is 86.6 Å². The van der Waals surface area contributed by atoms with Gasteiger partial charge < -0.3 is 24.4 Å². The highest BCUT2D eigenvalue weighted by Gasteiger charge is 2.33. The van der Waals surface area contributed by atoms with Crippen LogP contribution in [0.25, 0.3) is 11.4 Å². The number of carbonyl (C=O) groups is 1. The molecule has 0 saturated carbocycles. The molecule has 0 radical (unpaired) electrons. The summed E-state index contributed by atoms with van der Waals surface area (Å²) in [6.07, 6.45) is -0.971. The third-order valence-electron chi connectivity index (χ3n) is 5.48. The lowest BCUT2D eigenvalue weighted by molar-refractivity contribution is -0.140. The number of likely N-dealkylation sites (N-methyl/N-ethyl adjacent to an activating group) is 1. The van der Waals surface area contributed by atoms with E-state index in [1.807, 2.05) is 0 Å². The number of hydrogen-bond donors (Lipinski definition) is 2. The molecule has 8 nitrogen and oxygen atoms in total. The average molecular weight is 487 g/mol. The van der Waals surface area contributed by atoms with Gasteiger partial charge in [-0.1, -0.05) is 5.92 Å². The lowest BCUT2D eigenvalue weighted by Crippen LogP contribution is -2.45. The van der Waals surface area contributed by atoms with Crippen LogP contribution < -0.4 is 10.1 Å². The summed E-state index contributed by atoms with van der Waals surface area (Å²) >= 11 is 0. The molecule has 3 heterocycles. The minimum atomic E-state index is -4.54. The summed E-state index contributed by atoms with van der Waals surface area (Å²) in [5.41, 5.74) is 0.201. The fraction of sp³-hybridized carbons (Fsp3) is 0.333. The lowest BCUT2D eigenvalue weighted by Gasteiger charge is -2.32. The fourth-order valence-corrected chi connectivity index (χ4v) is 3.49. The molecule has 1 amide bonds. The zero-order chi connectivity index (χ0) is 24.8. The van der Waals surface area contributed by atoms with Gasteiger partial charge in [-0.2, -0.15) is 13.2 Å². The Morgan fingerprint density at radius 1 is 1.26 bits per heavy atom. The van der Waals surface area contributed by atoms with Crippen molar-refractivity contribution in [2.75, 3.05) is 51.7 Å². The fourth-order valence-electron chi connectivity index (χ4n) is 3.49. The van der Waals surface area contributed by atoms with Crippen LogP contribution in [0.2, 0.25) is 0 Å². The van der Waals surface area contributed by atoms with Crippen molar-refractivity contribution in [2.45, 2.75) is 6.18 Å². The molecule has 1 aromatic carbocycles. The van der Waals surface area contributed by atoms with E-state index in [2.05, 4.69) is 44.0 Å². The monoisotopic (exact) mass is 487 g/mol. The van der Waals surface area contributed by atoms with E-state index >= 15 is 0 Å². The first-order valence-corrected chi connectivity index (χ1v) is 10.9. The van der Waals surface area contributed by atoms with Gasteiger partial charge in [-0.05, 0) is 31.3 Å². The molecule has 3 aromatic rings. The Labute approximate surface area is 200 Å². The number of halogens is 3. The molecule has 0 aliphatic carbocycles. The minimum Gasteiger partial charge on any atom is -0.490 e. The van der Waals surface area contributed by atoms with E-state index in [4.69, 9.17) is 9.15 Å². The molecule has 11 heteroatoms. The van der Waals surface area contributed by atoms with Crippen molar-refractivity contribution < 1.29 is 27.1 Å². The van der Waals surface area contributed by atoms with Crippen LogP contribution in [0.4, 0.5) is 18.9 Å². The van der Waals surface area contributed by atoms with Gasteiger partial charge in [-0.15, -0.1) is 0 Å². The maximum absolute atomic E-state index is 13.0. The van der Waals surface area contributed by atoms with E-state index in [1.165, 1.54) is 18.6 Å². The Hall–Kier alpha value is -3.75. The summed E-state index contributed by atoms with van der Waals surface area (Å²) in [7, 11) is 2.08. The van der Waals surface area contributed by atoms with Crippen molar-refractivity contribution in [3.63, 3.8) is 0 Å². The van der Waals surface area contributed by atoms with Gasteiger partial charge in [0.05, 0.1) is 23.7 Å². The molecule has 1 aliphatic heterocycles. The molecule has 0 spiro atoms. The van der Waals surface area contributed by atoms with Crippen molar-refractivity contribution >= 4 is 11.6 Å². The first-order chi connectivity index (χ1) is 16.8. The number of H-pyrrole nitrogens is 1. The van der Waals surface area contributed by atoms with Crippen LogP contribution in [0.3, 0.4) is 0 Å². The molecule has 0 unspecified atom stereocenters. The van der Waals surface area contributed by atoms with E-state index in [1.54, 1.807) is 18.2 Å². The molecule has 2 aromatic heterocycles. The summed E-state index contributed by atoms with van der Waals surface area (Å²) < 4.78 is 49.8. The number of alkyl halides is 3. The summed E-state index contributed by atoms with van der Waals surface area (Å²) in [4.78, 5) is 23.1. The predicted octanol–water partition coefficient (Wildman–Crippen LogP) is 3.30. The second kappa shape index (κ2) is 10.7. The van der Waals surface area contributed by atoms with Crippen LogP contribution in [0, 0.1) is 11.8 Å². The summed E-state index contributed by atoms with van der Waals surface area (Å²) in [6.45, 7) is 4.92. The number of carbonyl (C=O) groups excluding carboxylic acids is 1. The second-order valence-electron chi connectivity index (χ2n) is 8.06. The molecule has 35 heavy (non-hydrogen) atoms. The van der Waals surface area contributed by atoms with Crippen LogP contribution in [0.15, 0.2) is 47.4 Å². The number of amides is 1. The van der Waals surface area contributed by atoms with Gasteiger partial charge in [0, 0.05) is 44.2 Å². The number of ether oxygens (including phenoxy) is 1. The van der Waals surface area contributed by atoms with Crippen molar-refractivity contribution in [1.82, 2.24) is 19.8 Å². The molecule has 184 valence electrons. The Bertz CT molecular complexity index is 1200. The van der Waals surface area contributed by atoms with Crippen LogP contribution in [-0.2, 0) is 11.0 Å². The Morgan fingerprint density at radius 2 is 2.06 bits per heavy atom. The van der Waals surface area contributed by atoms with Gasteiger partial charge in [0.1, 0.15) is 30.1 Å². The molecule has 0 atom stereocenters. The van der Waals surface area contributed by atoms with Crippen LogP contribution in [-0.4, -0.2) is 72.1 Å². The minimum absolute atomic E-state index is 0.0151. The van der Waals surface area contributed by atoms with Gasteiger partial charge >= 0.3 is 12.1 Å². The molecular formula is C24H24F3N5O3. The third kappa shape index (κ3) is 6.65. The van der Waals surface area contributed by atoms with Crippen LogP contribution >= 0.6 is 0 Å². The van der Waals surface area contributed by atoms with E-state index in [-0.39, 0.29) is 11.5 Å². The molecule has 1 saturated heterocycles. The molecule has 0 bridgehead atoms. The average Bonchev–Trinajstić information content (AvgIpc) is 3.52. The van der Waals surface area contributed by atoms with E-state index < -0.39 is 17.8 Å². The van der Waals surface area contributed by atoms with Gasteiger partial charge in [0.25, 0.3) is 0 Å². The van der Waals surface area contributed by atoms with Crippen LogP contribution in [0.1, 0.15) is 11.3 Å². The number of aromatic nitrogens is 2. The largest absolute Gasteiger partial charge is 0.490 e. The SMILES string of the molecule is CN1CCN(CCOc2ccc(-c3ncc(C(F)(F)F)[nH]3)cc2NC(=O)C#Cc2ccoc2)CC1. The second-order valence-corrected chi connectivity index (χ2v) is 8.06. The maximum atomic E-state index is 13.0. The maximum Gasteiger partial charge on any atom is 0.432 e. The third-order valence-corrected chi connectivity index (χ3v) is 5.48. The van der Waals surface area contributed by atoms with Gasteiger partial charge in [0.2, 0.25) is 0 Å². The van der Waals surface area contributed by atoms with E-state index in [0.717, 1.165) is 32.4 Å². The number of hydrogen-bond acceptors (Lipinski definition) is 6. The summed E-state index contributed by atoms with van der Waals surface area (Å²) in [6, 6.07) is 6.29. The molecule has 1 fully saturated rings. The van der Waals surface area contributed by atoms with E-state index in [9.17, 15) is 18.0 Å². The van der Waals surface area contributed by atoms with Crippen molar-refractivity contribution in [2.24, 2.45) is 0 Å². The highest BCUT2D eigenvalue weighted by atomic mass is 19.4. The zero-order valence-electron chi connectivity index (χ0n) is 19.0. The van der Waals surface area contributed by atoms with Gasteiger partial charge in [0.15, 0.2) is 0 Å². The van der Waals surface area contributed by atoms with Gasteiger partial charge in [-0.25, -0.2) is 4.98 Å². The number of nitrogens with zero attached hydrogens (tertiary/aromatic N) is 3. The first-order valence-electron chi connectivity index (χ1n) is 10.9. The Kier molecular flexibility index (Phi) is 7.43. The number of nitrogens with one attached hydrogen (secondary N) is 2. The van der Waals surface area contributed by atoms with Gasteiger partial charge in [-0.3, -0.25) is 9.69 Å². The van der Waals surface area contributed by atoms with Crippen molar-refractivity contribution in [3.05, 3.63) is 54.2 Å². The lowest BCUT2D eigenvalue weighted by atomic mass is 10.1. The number of rotatable bonds is 6. The van der Waals surface area contributed by atoms with Crippen LogP contribution in [0.5, 0.6) is 5.75 Å². The molecule has 4 rings (SSSR count). The zero-order valence-corrected chi connectivity index (χ0v) is 19.0. The summed E-state index contributed by atoms with van der Waals surface area (Å²) in [5.74, 6) is 4.91. The smallest absolute Gasteiger partial charge is 0.432 e. The molecular weight excluding hydrogens is 463 g/mol.